The van der Waals surface area contributed by atoms with Crippen molar-refractivity contribution in [3.05, 3.63) is 78.0 Å². The van der Waals surface area contributed by atoms with Gasteiger partial charge in [-0.3, -0.25) is 9.89 Å². The van der Waals surface area contributed by atoms with Gasteiger partial charge in [0.1, 0.15) is 0 Å². The number of carbonyl (C=O) groups is 1. The second kappa shape index (κ2) is 8.84. The molecule has 1 amide bonds. The van der Waals surface area contributed by atoms with E-state index in [2.05, 4.69) is 37.6 Å². The molecule has 1 aliphatic rings. The topological polar surface area (TPSA) is 85.1 Å². The Bertz CT molecular complexity index is 1030. The first-order valence-corrected chi connectivity index (χ1v) is 10.0. The fourth-order valence-electron chi connectivity index (χ4n) is 3.42. The normalized spacial score (nSPS) is 13.7. The zero-order valence-electron chi connectivity index (χ0n) is 17.0. The lowest BCUT2D eigenvalue weighted by atomic mass is 10.1. The molecule has 1 fully saturated rings. The molecular formula is C23H26N6O. The van der Waals surface area contributed by atoms with Crippen molar-refractivity contribution in [1.29, 1.82) is 0 Å². The third-order valence-electron chi connectivity index (χ3n) is 5.19. The van der Waals surface area contributed by atoms with Crippen molar-refractivity contribution in [2.75, 3.05) is 41.7 Å². The molecule has 0 atom stereocenters. The van der Waals surface area contributed by atoms with Gasteiger partial charge in [0.25, 0.3) is 5.91 Å². The average Bonchev–Trinajstić information content (AvgIpc) is 3.25. The molecule has 1 aliphatic heterocycles. The molecule has 4 rings (SSSR count). The van der Waals surface area contributed by atoms with Crippen LogP contribution in [-0.4, -0.2) is 42.3 Å². The van der Waals surface area contributed by atoms with Gasteiger partial charge in [0.05, 0.1) is 11.4 Å². The Kier molecular flexibility index (Phi) is 5.81. The second-order valence-corrected chi connectivity index (χ2v) is 7.32. The predicted molar refractivity (Wildman–Crippen MR) is 122 cm³/mol. The Hall–Kier alpha value is -3.58. The monoisotopic (exact) mass is 402 g/mol. The van der Waals surface area contributed by atoms with Crippen LogP contribution in [0.1, 0.15) is 21.6 Å². The number of aromatic nitrogens is 2. The maximum Gasteiger partial charge on any atom is 0.256 e. The molecule has 7 nitrogen and oxygen atoms in total. The van der Waals surface area contributed by atoms with Gasteiger partial charge < -0.3 is 20.9 Å². The third kappa shape index (κ3) is 4.52. The lowest BCUT2D eigenvalue weighted by molar-refractivity contribution is 0.102. The van der Waals surface area contributed by atoms with Crippen LogP contribution in [0.3, 0.4) is 0 Å². The summed E-state index contributed by atoms with van der Waals surface area (Å²) in [5, 5.41) is 16.5. The molecule has 2 aromatic carbocycles. The van der Waals surface area contributed by atoms with Crippen molar-refractivity contribution in [3.8, 4) is 0 Å². The molecule has 7 heteroatoms. The first-order chi connectivity index (χ1) is 14.6. The zero-order chi connectivity index (χ0) is 20.9. The Morgan fingerprint density at radius 1 is 1.07 bits per heavy atom. The minimum Gasteiger partial charge on any atom is -0.369 e. The summed E-state index contributed by atoms with van der Waals surface area (Å²) >= 11 is 0. The van der Waals surface area contributed by atoms with E-state index in [1.54, 1.807) is 6.07 Å². The van der Waals surface area contributed by atoms with Crippen LogP contribution >= 0.6 is 0 Å². The molecule has 0 bridgehead atoms. The number of H-pyrrole nitrogens is 1. The summed E-state index contributed by atoms with van der Waals surface area (Å²) in [5.74, 6) is 0.256. The number of hydrogen-bond donors (Lipinski definition) is 4. The number of anilines is 3. The van der Waals surface area contributed by atoms with E-state index in [4.69, 9.17) is 0 Å². The number of aryl methyl sites for hydroxylation is 1. The van der Waals surface area contributed by atoms with Crippen molar-refractivity contribution in [1.82, 2.24) is 15.5 Å². The number of amides is 1. The fourth-order valence-corrected chi connectivity index (χ4v) is 3.42. The molecule has 1 aromatic heterocycles. The molecule has 2 heterocycles. The van der Waals surface area contributed by atoms with Crippen LogP contribution in [0.25, 0.3) is 5.70 Å². The Morgan fingerprint density at radius 2 is 1.80 bits per heavy atom. The van der Waals surface area contributed by atoms with Crippen molar-refractivity contribution in [2.45, 2.75) is 6.92 Å². The Balaban J connectivity index is 1.37. The van der Waals surface area contributed by atoms with E-state index in [1.807, 2.05) is 55.5 Å². The van der Waals surface area contributed by atoms with Crippen LogP contribution in [0.5, 0.6) is 0 Å². The van der Waals surface area contributed by atoms with E-state index in [0.29, 0.717) is 22.8 Å². The number of nitrogens with one attached hydrogen (secondary N) is 4. The van der Waals surface area contributed by atoms with Gasteiger partial charge in [-0.05, 0) is 42.8 Å². The number of carbonyl (C=O) groups excluding carboxylic acids is 1. The van der Waals surface area contributed by atoms with E-state index in [1.165, 1.54) is 0 Å². The molecule has 1 saturated heterocycles. The minimum atomic E-state index is -0.197. The highest BCUT2D eigenvalue weighted by atomic mass is 16.1. The van der Waals surface area contributed by atoms with Gasteiger partial charge in [-0.15, -0.1) is 0 Å². The Morgan fingerprint density at radius 3 is 2.53 bits per heavy atom. The van der Waals surface area contributed by atoms with Crippen molar-refractivity contribution in [2.24, 2.45) is 0 Å². The van der Waals surface area contributed by atoms with E-state index in [9.17, 15) is 4.79 Å². The number of hydrogen-bond acceptors (Lipinski definition) is 5. The minimum absolute atomic E-state index is 0.197. The second-order valence-electron chi connectivity index (χ2n) is 7.32. The number of aromatic amines is 1. The van der Waals surface area contributed by atoms with Crippen molar-refractivity contribution in [3.63, 3.8) is 0 Å². The van der Waals surface area contributed by atoms with Gasteiger partial charge in [-0.25, -0.2) is 0 Å². The van der Waals surface area contributed by atoms with E-state index >= 15 is 0 Å². The quantitative estimate of drug-likeness (QED) is 0.507. The van der Waals surface area contributed by atoms with Crippen LogP contribution in [0, 0.1) is 6.92 Å². The van der Waals surface area contributed by atoms with E-state index in [0.717, 1.165) is 43.1 Å². The number of para-hydroxylation sites is 1. The fraction of sp³-hybridized carbons (Fsp3) is 0.217. The largest absolute Gasteiger partial charge is 0.369 e. The molecule has 30 heavy (non-hydrogen) atoms. The molecule has 154 valence electrons. The smallest absolute Gasteiger partial charge is 0.256 e. The molecule has 0 unspecified atom stereocenters. The van der Waals surface area contributed by atoms with E-state index in [-0.39, 0.29) is 5.91 Å². The Labute approximate surface area is 176 Å². The van der Waals surface area contributed by atoms with Crippen LogP contribution < -0.4 is 20.9 Å². The molecule has 0 aliphatic carbocycles. The van der Waals surface area contributed by atoms with Gasteiger partial charge in [0, 0.05) is 49.2 Å². The summed E-state index contributed by atoms with van der Waals surface area (Å²) in [5.41, 5.74) is 5.22. The van der Waals surface area contributed by atoms with Crippen LogP contribution in [0.2, 0.25) is 0 Å². The van der Waals surface area contributed by atoms with E-state index < -0.39 is 0 Å². The summed E-state index contributed by atoms with van der Waals surface area (Å²) in [4.78, 5) is 14.9. The highest BCUT2D eigenvalue weighted by Gasteiger charge is 2.13. The van der Waals surface area contributed by atoms with Gasteiger partial charge in [-0.2, -0.15) is 5.10 Å². The van der Waals surface area contributed by atoms with Gasteiger partial charge in [0.2, 0.25) is 0 Å². The maximum atomic E-state index is 12.6. The molecule has 0 saturated carbocycles. The van der Waals surface area contributed by atoms with Crippen LogP contribution in [0.4, 0.5) is 17.2 Å². The average molecular weight is 403 g/mol. The van der Waals surface area contributed by atoms with Crippen molar-refractivity contribution >= 4 is 28.8 Å². The maximum absolute atomic E-state index is 12.6. The first-order valence-electron chi connectivity index (χ1n) is 10.0. The highest BCUT2D eigenvalue weighted by molar-refractivity contribution is 6.04. The standard InChI is InChI=1S/C23H26N6O/c1-16-5-3-4-6-20(16)25-17(2)21-15-22(28-27-21)26-23(30)18-7-9-19(10-8-18)29-13-11-24-12-14-29/h3-10,15,24-25H,2,11-14H2,1H3,(H2,26,27,28,30). The summed E-state index contributed by atoms with van der Waals surface area (Å²) in [6, 6.07) is 17.4. The van der Waals surface area contributed by atoms with Gasteiger partial charge >= 0.3 is 0 Å². The summed E-state index contributed by atoms with van der Waals surface area (Å²) in [7, 11) is 0. The number of nitrogens with zero attached hydrogens (tertiary/aromatic N) is 2. The van der Waals surface area contributed by atoms with Gasteiger partial charge in [-0.1, -0.05) is 24.8 Å². The van der Waals surface area contributed by atoms with Crippen LogP contribution in [-0.2, 0) is 0 Å². The summed E-state index contributed by atoms with van der Waals surface area (Å²) < 4.78 is 0. The predicted octanol–water partition coefficient (Wildman–Crippen LogP) is 3.46. The molecule has 3 aromatic rings. The lowest BCUT2D eigenvalue weighted by Crippen LogP contribution is -2.43. The molecule has 0 spiro atoms. The molecule has 4 N–H and O–H groups in total. The summed E-state index contributed by atoms with van der Waals surface area (Å²) in [6.45, 7) is 10.00. The van der Waals surface area contributed by atoms with Gasteiger partial charge in [0.15, 0.2) is 5.82 Å². The molecular weight excluding hydrogens is 376 g/mol. The highest BCUT2D eigenvalue weighted by Crippen LogP contribution is 2.21. The number of piperazine rings is 1. The molecule has 0 radical (unpaired) electrons. The lowest BCUT2D eigenvalue weighted by Gasteiger charge is -2.29. The first kappa shape index (κ1) is 19.7. The van der Waals surface area contributed by atoms with Crippen LogP contribution in [0.15, 0.2) is 61.2 Å². The third-order valence-corrected chi connectivity index (χ3v) is 5.19. The summed E-state index contributed by atoms with van der Waals surface area (Å²) in [6.07, 6.45) is 0. The SMILES string of the molecule is C=C(Nc1ccccc1C)c1cc(NC(=O)c2ccc(N3CCNCC3)cc2)n[nH]1. The number of benzene rings is 2. The van der Waals surface area contributed by atoms with Crippen molar-refractivity contribution < 1.29 is 4.79 Å². The zero-order valence-corrected chi connectivity index (χ0v) is 17.0. The number of rotatable bonds is 6.